The van der Waals surface area contributed by atoms with Crippen molar-refractivity contribution < 1.29 is 19.1 Å². The zero-order chi connectivity index (χ0) is 12.7. The highest BCUT2D eigenvalue weighted by Crippen LogP contribution is 2.12. The number of methoxy groups -OCH3 is 2. The van der Waals surface area contributed by atoms with Crippen molar-refractivity contribution in [2.75, 3.05) is 28.3 Å². The largest absolute Gasteiger partial charge is 0.465 e. The number of allylic oxidation sites excluding steroid dienone is 2. The number of carbonyl (C=O) groups excluding carboxylic acids is 2. The first-order valence-corrected chi connectivity index (χ1v) is 5.13. The van der Waals surface area contributed by atoms with Gasteiger partial charge < -0.3 is 14.4 Å². The molecule has 0 heterocycles. The van der Waals surface area contributed by atoms with E-state index in [9.17, 15) is 9.59 Å². The van der Waals surface area contributed by atoms with Crippen LogP contribution in [0, 0.1) is 0 Å². The fourth-order valence-corrected chi connectivity index (χ4v) is 1.48. The molecule has 0 amide bonds. The van der Waals surface area contributed by atoms with Crippen molar-refractivity contribution in [2.45, 2.75) is 0 Å². The summed E-state index contributed by atoms with van der Waals surface area (Å²) >= 11 is 3.20. The summed E-state index contributed by atoms with van der Waals surface area (Å²) in [6.45, 7) is 0. The SMILES string of the molecule is COC(=O)C(=C/C(Br)=C/N(C)C)C(=O)OC. The highest BCUT2D eigenvalue weighted by Gasteiger charge is 2.19. The monoisotopic (exact) mass is 291 g/mol. The normalized spacial score (nSPS) is 10.4. The Hall–Kier alpha value is -1.30. The van der Waals surface area contributed by atoms with E-state index in [1.54, 1.807) is 11.1 Å². The lowest BCUT2D eigenvalue weighted by molar-refractivity contribution is -0.144. The topological polar surface area (TPSA) is 55.8 Å². The van der Waals surface area contributed by atoms with Crippen LogP contribution in [0.4, 0.5) is 0 Å². The Labute approximate surface area is 103 Å². The number of ether oxygens (including phenoxy) is 2. The highest BCUT2D eigenvalue weighted by molar-refractivity contribution is 9.11. The average molecular weight is 292 g/mol. The predicted molar refractivity (Wildman–Crippen MR) is 62.8 cm³/mol. The van der Waals surface area contributed by atoms with Crippen LogP contribution in [-0.4, -0.2) is 45.2 Å². The minimum absolute atomic E-state index is 0.171. The number of halogens is 1. The van der Waals surface area contributed by atoms with Crippen LogP contribution >= 0.6 is 15.9 Å². The molecular weight excluding hydrogens is 278 g/mol. The average Bonchev–Trinajstić information content (AvgIpc) is 2.22. The zero-order valence-corrected chi connectivity index (χ0v) is 11.2. The molecule has 0 bridgehead atoms. The first-order valence-electron chi connectivity index (χ1n) is 4.34. The third kappa shape index (κ3) is 4.97. The van der Waals surface area contributed by atoms with E-state index < -0.39 is 11.9 Å². The van der Waals surface area contributed by atoms with Crippen molar-refractivity contribution in [1.82, 2.24) is 4.90 Å². The predicted octanol–water partition coefficient (Wildman–Crippen LogP) is 1.06. The summed E-state index contributed by atoms with van der Waals surface area (Å²) in [6, 6.07) is 0. The lowest BCUT2D eigenvalue weighted by Crippen LogP contribution is -2.16. The van der Waals surface area contributed by atoms with Crippen LogP contribution in [0.25, 0.3) is 0 Å². The standard InChI is InChI=1S/C10H14BrNO4/c1-12(2)6-7(11)5-8(9(13)15-3)10(14)16-4/h5-6H,1-4H3/b7-6-. The maximum Gasteiger partial charge on any atom is 0.345 e. The molecule has 0 radical (unpaired) electrons. The Balaban J connectivity index is 5.11. The number of esters is 2. The summed E-state index contributed by atoms with van der Waals surface area (Å²) in [5.41, 5.74) is -0.171. The number of nitrogens with zero attached hydrogens (tertiary/aromatic N) is 1. The molecule has 0 aliphatic carbocycles. The molecule has 6 heteroatoms. The Morgan fingerprint density at radius 3 is 1.88 bits per heavy atom. The fraction of sp³-hybridized carbons (Fsp3) is 0.400. The molecule has 0 N–H and O–H groups in total. The van der Waals surface area contributed by atoms with Gasteiger partial charge in [0.05, 0.1) is 14.2 Å². The minimum atomic E-state index is -0.740. The van der Waals surface area contributed by atoms with E-state index in [4.69, 9.17) is 0 Å². The first-order chi connectivity index (χ1) is 7.42. The molecule has 0 aliphatic rings. The van der Waals surface area contributed by atoms with Crippen LogP contribution < -0.4 is 0 Å². The van der Waals surface area contributed by atoms with E-state index in [-0.39, 0.29) is 5.57 Å². The Morgan fingerprint density at radius 2 is 1.56 bits per heavy atom. The summed E-state index contributed by atoms with van der Waals surface area (Å²) in [6.07, 6.45) is 3.03. The van der Waals surface area contributed by atoms with Gasteiger partial charge in [0.1, 0.15) is 5.57 Å². The molecule has 0 atom stereocenters. The lowest BCUT2D eigenvalue weighted by atomic mass is 10.2. The van der Waals surface area contributed by atoms with Crippen molar-refractivity contribution in [3.8, 4) is 0 Å². The summed E-state index contributed by atoms with van der Waals surface area (Å²) in [4.78, 5) is 24.3. The van der Waals surface area contributed by atoms with Crippen LogP contribution in [0.15, 0.2) is 22.3 Å². The van der Waals surface area contributed by atoms with Gasteiger partial charge in [0.2, 0.25) is 0 Å². The van der Waals surface area contributed by atoms with E-state index in [2.05, 4.69) is 25.4 Å². The summed E-state index contributed by atoms with van der Waals surface area (Å²) in [5, 5.41) is 0. The second-order valence-corrected chi connectivity index (χ2v) is 3.93. The molecule has 0 saturated heterocycles. The molecule has 0 aromatic heterocycles. The van der Waals surface area contributed by atoms with Gasteiger partial charge in [-0.25, -0.2) is 9.59 Å². The van der Waals surface area contributed by atoms with Crippen LogP contribution in [0.2, 0.25) is 0 Å². The van der Waals surface area contributed by atoms with Gasteiger partial charge in [0.15, 0.2) is 0 Å². The molecule has 0 spiro atoms. The van der Waals surface area contributed by atoms with Crippen molar-refractivity contribution >= 4 is 27.9 Å². The van der Waals surface area contributed by atoms with Gasteiger partial charge in [-0.15, -0.1) is 0 Å². The van der Waals surface area contributed by atoms with Gasteiger partial charge in [-0.3, -0.25) is 0 Å². The molecule has 16 heavy (non-hydrogen) atoms. The minimum Gasteiger partial charge on any atom is -0.465 e. The van der Waals surface area contributed by atoms with Gasteiger partial charge in [0.25, 0.3) is 0 Å². The van der Waals surface area contributed by atoms with Gasteiger partial charge in [-0.1, -0.05) is 0 Å². The van der Waals surface area contributed by atoms with E-state index in [1.807, 2.05) is 14.1 Å². The van der Waals surface area contributed by atoms with Crippen LogP contribution in [0.5, 0.6) is 0 Å². The maximum absolute atomic E-state index is 11.3. The van der Waals surface area contributed by atoms with Crippen molar-refractivity contribution in [3.63, 3.8) is 0 Å². The Bertz CT molecular complexity index is 316. The molecule has 0 rings (SSSR count). The van der Waals surface area contributed by atoms with E-state index in [1.165, 1.54) is 20.3 Å². The maximum atomic E-state index is 11.3. The summed E-state index contributed by atoms with van der Waals surface area (Å²) < 4.78 is 9.50. The van der Waals surface area contributed by atoms with E-state index in [0.29, 0.717) is 4.48 Å². The Kier molecular flexibility index (Phi) is 6.48. The molecule has 0 aromatic rings. The summed E-state index contributed by atoms with van der Waals surface area (Å²) in [5.74, 6) is -1.48. The summed E-state index contributed by atoms with van der Waals surface area (Å²) in [7, 11) is 6.02. The van der Waals surface area contributed by atoms with E-state index >= 15 is 0 Å². The first kappa shape index (κ1) is 14.7. The number of hydrogen-bond donors (Lipinski definition) is 0. The molecule has 0 aliphatic heterocycles. The lowest BCUT2D eigenvalue weighted by Gasteiger charge is -2.06. The molecule has 0 saturated carbocycles. The van der Waals surface area contributed by atoms with Gasteiger partial charge in [0, 0.05) is 24.8 Å². The molecule has 0 aromatic carbocycles. The number of hydrogen-bond acceptors (Lipinski definition) is 5. The van der Waals surface area contributed by atoms with Gasteiger partial charge in [-0.05, 0) is 22.0 Å². The smallest absolute Gasteiger partial charge is 0.345 e. The third-order valence-corrected chi connectivity index (χ3v) is 1.91. The Morgan fingerprint density at radius 1 is 1.12 bits per heavy atom. The van der Waals surface area contributed by atoms with Crippen LogP contribution in [0.3, 0.4) is 0 Å². The fourth-order valence-electron chi connectivity index (χ4n) is 0.843. The third-order valence-electron chi connectivity index (χ3n) is 1.47. The number of carbonyl (C=O) groups is 2. The quantitative estimate of drug-likeness (QED) is 0.255. The van der Waals surface area contributed by atoms with E-state index in [0.717, 1.165) is 0 Å². The van der Waals surface area contributed by atoms with Crippen LogP contribution in [0.1, 0.15) is 0 Å². The second kappa shape index (κ2) is 7.05. The van der Waals surface area contributed by atoms with Crippen molar-refractivity contribution in [2.24, 2.45) is 0 Å². The van der Waals surface area contributed by atoms with Gasteiger partial charge >= 0.3 is 11.9 Å². The number of rotatable bonds is 4. The molecule has 0 unspecified atom stereocenters. The zero-order valence-electron chi connectivity index (χ0n) is 9.61. The molecule has 90 valence electrons. The molecular formula is C10H14BrNO4. The second-order valence-electron chi connectivity index (χ2n) is 3.02. The van der Waals surface area contributed by atoms with Gasteiger partial charge in [-0.2, -0.15) is 0 Å². The highest BCUT2D eigenvalue weighted by atomic mass is 79.9. The van der Waals surface area contributed by atoms with Crippen molar-refractivity contribution in [3.05, 3.63) is 22.3 Å². The molecule has 0 fully saturated rings. The molecule has 5 nitrogen and oxygen atoms in total. The van der Waals surface area contributed by atoms with Crippen molar-refractivity contribution in [1.29, 1.82) is 0 Å². The van der Waals surface area contributed by atoms with Crippen LogP contribution in [-0.2, 0) is 19.1 Å².